The number of hydrogen-bond donors (Lipinski definition) is 1. The van der Waals surface area contributed by atoms with Gasteiger partial charge in [0.2, 0.25) is 0 Å². The topological polar surface area (TPSA) is 35.2 Å². The second kappa shape index (κ2) is 6.61. The molecule has 0 aliphatic carbocycles. The first-order valence-electron chi connectivity index (χ1n) is 6.43. The minimum atomic E-state index is 0.133. The fraction of sp³-hybridized carbons (Fsp3) is 0.250. The average molecular weight is 355 g/mol. The summed E-state index contributed by atoms with van der Waals surface area (Å²) in [6.45, 7) is 3.98. The van der Waals surface area contributed by atoms with Crippen LogP contribution >= 0.6 is 27.5 Å². The van der Waals surface area contributed by atoms with Gasteiger partial charge in [0, 0.05) is 15.5 Å². The van der Waals surface area contributed by atoms with Crippen molar-refractivity contribution in [2.45, 2.75) is 26.3 Å². The summed E-state index contributed by atoms with van der Waals surface area (Å²) in [6.07, 6.45) is 0.830. The smallest absolute Gasteiger partial charge is 0.131 e. The Bertz CT molecular complexity index is 613. The number of hydrogen-bond acceptors (Lipinski definition) is 2. The van der Waals surface area contributed by atoms with E-state index in [0.29, 0.717) is 5.02 Å². The van der Waals surface area contributed by atoms with Crippen LogP contribution in [0.15, 0.2) is 40.9 Å². The normalized spacial score (nSPS) is 12.2. The molecule has 0 saturated heterocycles. The minimum absolute atomic E-state index is 0.133. The lowest BCUT2D eigenvalue weighted by Gasteiger charge is -2.12. The molecule has 0 aliphatic rings. The molecule has 2 aromatic carbocycles. The van der Waals surface area contributed by atoms with E-state index in [0.717, 1.165) is 28.0 Å². The molecule has 0 spiro atoms. The van der Waals surface area contributed by atoms with Crippen molar-refractivity contribution in [2.75, 3.05) is 0 Å². The second-order valence-electron chi connectivity index (χ2n) is 4.95. The van der Waals surface area contributed by atoms with Crippen molar-refractivity contribution < 1.29 is 4.74 Å². The lowest BCUT2D eigenvalue weighted by Crippen LogP contribution is -2.17. The van der Waals surface area contributed by atoms with Gasteiger partial charge in [0.05, 0.1) is 0 Å². The van der Waals surface area contributed by atoms with Crippen molar-refractivity contribution in [1.82, 2.24) is 0 Å². The monoisotopic (exact) mass is 353 g/mol. The molecule has 0 fully saturated rings. The van der Waals surface area contributed by atoms with Gasteiger partial charge >= 0.3 is 0 Å². The molecular weight excluding hydrogens is 338 g/mol. The van der Waals surface area contributed by atoms with Gasteiger partial charge in [0.15, 0.2) is 0 Å². The first kappa shape index (κ1) is 15.4. The van der Waals surface area contributed by atoms with Crippen molar-refractivity contribution in [3.63, 3.8) is 0 Å². The summed E-state index contributed by atoms with van der Waals surface area (Å²) in [7, 11) is 0. The number of ether oxygens (including phenoxy) is 1. The molecule has 0 bridgehead atoms. The molecule has 0 aliphatic heterocycles. The number of rotatable bonds is 4. The average Bonchev–Trinajstić information content (AvgIpc) is 2.37. The van der Waals surface area contributed by atoms with E-state index in [9.17, 15) is 0 Å². The summed E-state index contributed by atoms with van der Waals surface area (Å²) in [5, 5.41) is 0.665. The second-order valence-corrected chi connectivity index (χ2v) is 6.24. The fourth-order valence-electron chi connectivity index (χ4n) is 1.91. The molecule has 0 amide bonds. The van der Waals surface area contributed by atoms with Crippen LogP contribution in [0, 0.1) is 6.92 Å². The van der Waals surface area contributed by atoms with E-state index >= 15 is 0 Å². The van der Waals surface area contributed by atoms with Crippen molar-refractivity contribution in [1.29, 1.82) is 0 Å². The predicted molar refractivity (Wildman–Crippen MR) is 87.8 cm³/mol. The highest BCUT2D eigenvalue weighted by Crippen LogP contribution is 2.31. The zero-order chi connectivity index (χ0) is 14.7. The van der Waals surface area contributed by atoms with Crippen LogP contribution in [-0.4, -0.2) is 6.04 Å². The molecule has 0 aromatic heterocycles. The molecule has 20 heavy (non-hydrogen) atoms. The minimum Gasteiger partial charge on any atom is -0.457 e. The maximum Gasteiger partial charge on any atom is 0.131 e. The van der Waals surface area contributed by atoms with Gasteiger partial charge in [-0.25, -0.2) is 0 Å². The van der Waals surface area contributed by atoms with Gasteiger partial charge in [-0.1, -0.05) is 39.7 Å². The molecule has 0 saturated carbocycles. The molecule has 2 N–H and O–H groups in total. The predicted octanol–water partition coefficient (Wildman–Crippen LogP) is 5.09. The van der Waals surface area contributed by atoms with Crippen LogP contribution in [0.4, 0.5) is 0 Å². The third-order valence-corrected chi connectivity index (χ3v) is 3.92. The molecule has 2 aromatic rings. The highest BCUT2D eigenvalue weighted by Gasteiger charge is 2.07. The molecule has 4 heteroatoms. The van der Waals surface area contributed by atoms with E-state index in [4.69, 9.17) is 22.1 Å². The maximum atomic E-state index is 5.99. The van der Waals surface area contributed by atoms with Gasteiger partial charge in [-0.2, -0.15) is 0 Å². The Kier molecular flexibility index (Phi) is 5.08. The maximum absolute atomic E-state index is 5.99. The Morgan fingerprint density at radius 1 is 1.25 bits per heavy atom. The Labute approximate surface area is 133 Å². The van der Waals surface area contributed by atoms with Gasteiger partial charge < -0.3 is 10.5 Å². The largest absolute Gasteiger partial charge is 0.457 e. The number of aryl methyl sites for hydroxylation is 1. The van der Waals surface area contributed by atoms with Gasteiger partial charge in [0.1, 0.15) is 11.5 Å². The van der Waals surface area contributed by atoms with E-state index in [1.807, 2.05) is 50.2 Å². The van der Waals surface area contributed by atoms with Crippen LogP contribution in [0.2, 0.25) is 5.02 Å². The van der Waals surface area contributed by atoms with Crippen LogP contribution in [0.3, 0.4) is 0 Å². The SMILES string of the molecule is Cc1ccc(Cl)cc1Oc1ccc(CC(C)N)c(Br)c1. The van der Waals surface area contributed by atoms with Gasteiger partial charge in [0.25, 0.3) is 0 Å². The van der Waals surface area contributed by atoms with E-state index in [-0.39, 0.29) is 6.04 Å². The molecule has 1 unspecified atom stereocenters. The highest BCUT2D eigenvalue weighted by atomic mass is 79.9. The molecule has 106 valence electrons. The van der Waals surface area contributed by atoms with Gasteiger partial charge in [-0.3, -0.25) is 0 Å². The summed E-state index contributed by atoms with van der Waals surface area (Å²) in [6, 6.07) is 11.7. The highest BCUT2D eigenvalue weighted by molar-refractivity contribution is 9.10. The summed E-state index contributed by atoms with van der Waals surface area (Å²) in [5.74, 6) is 1.54. The quantitative estimate of drug-likeness (QED) is 0.829. The van der Waals surface area contributed by atoms with Crippen LogP contribution < -0.4 is 10.5 Å². The van der Waals surface area contributed by atoms with Crippen molar-refractivity contribution in [3.8, 4) is 11.5 Å². The van der Waals surface area contributed by atoms with Gasteiger partial charge in [-0.15, -0.1) is 0 Å². The number of benzene rings is 2. The van der Waals surface area contributed by atoms with E-state index in [2.05, 4.69) is 15.9 Å². The first-order chi connectivity index (χ1) is 9.45. The molecule has 0 radical (unpaired) electrons. The fourth-order valence-corrected chi connectivity index (χ4v) is 2.60. The Morgan fingerprint density at radius 3 is 2.65 bits per heavy atom. The van der Waals surface area contributed by atoms with Crippen LogP contribution in [0.1, 0.15) is 18.1 Å². The van der Waals surface area contributed by atoms with Crippen molar-refractivity contribution in [3.05, 3.63) is 57.0 Å². The zero-order valence-corrected chi connectivity index (χ0v) is 13.8. The van der Waals surface area contributed by atoms with E-state index in [1.54, 1.807) is 0 Å². The Balaban J connectivity index is 2.22. The lowest BCUT2D eigenvalue weighted by atomic mass is 10.1. The summed E-state index contributed by atoms with van der Waals surface area (Å²) in [4.78, 5) is 0. The van der Waals surface area contributed by atoms with Crippen molar-refractivity contribution in [2.24, 2.45) is 5.73 Å². The lowest BCUT2D eigenvalue weighted by molar-refractivity contribution is 0.478. The van der Waals surface area contributed by atoms with E-state index in [1.165, 1.54) is 5.56 Å². The Morgan fingerprint density at radius 2 is 2.00 bits per heavy atom. The van der Waals surface area contributed by atoms with Gasteiger partial charge in [-0.05, 0) is 55.7 Å². The van der Waals surface area contributed by atoms with Crippen LogP contribution in [0.5, 0.6) is 11.5 Å². The van der Waals surface area contributed by atoms with E-state index < -0.39 is 0 Å². The van der Waals surface area contributed by atoms with Crippen molar-refractivity contribution >= 4 is 27.5 Å². The molecule has 0 heterocycles. The summed E-state index contributed by atoms with van der Waals surface area (Å²) in [5.41, 5.74) is 8.05. The number of halogens is 2. The summed E-state index contributed by atoms with van der Waals surface area (Å²) >= 11 is 9.55. The first-order valence-corrected chi connectivity index (χ1v) is 7.61. The molecule has 1 atom stereocenters. The Hall–Kier alpha value is -1.03. The molecule has 2 nitrogen and oxygen atoms in total. The van der Waals surface area contributed by atoms with Crippen LogP contribution in [-0.2, 0) is 6.42 Å². The standard InChI is InChI=1S/C16H17BrClNO/c1-10-3-5-13(18)8-16(10)20-14-6-4-12(7-11(2)19)15(17)9-14/h3-6,8-9,11H,7,19H2,1-2H3. The summed E-state index contributed by atoms with van der Waals surface area (Å²) < 4.78 is 6.89. The number of nitrogens with two attached hydrogens (primary N) is 1. The third-order valence-electron chi connectivity index (χ3n) is 2.94. The molecular formula is C16H17BrClNO. The van der Waals surface area contributed by atoms with Crippen LogP contribution in [0.25, 0.3) is 0 Å². The molecule has 2 rings (SSSR count). The zero-order valence-electron chi connectivity index (χ0n) is 11.5. The third kappa shape index (κ3) is 3.98.